The minimum absolute atomic E-state index is 0.305. The first-order valence-electron chi connectivity index (χ1n) is 5.27. The van der Waals surface area contributed by atoms with Crippen LogP contribution in [-0.2, 0) is 9.53 Å². The molecule has 1 aromatic carbocycles. The first kappa shape index (κ1) is 15.2. The van der Waals surface area contributed by atoms with Crippen LogP contribution in [0.4, 0.5) is 0 Å². The highest BCUT2D eigenvalue weighted by Gasteiger charge is 2.19. The number of hydrogen-bond acceptors (Lipinski definition) is 4. The molecule has 0 amide bonds. The van der Waals surface area contributed by atoms with Crippen molar-refractivity contribution in [2.75, 3.05) is 6.61 Å². The minimum atomic E-state index is -0.723. The van der Waals surface area contributed by atoms with Crippen LogP contribution in [0, 0.1) is 0 Å². The molecule has 0 saturated heterocycles. The molecular formula is C12H12Br2O4. The number of ether oxygens (including phenoxy) is 2. The Hall–Kier alpha value is -0.880. The third-order valence-electron chi connectivity index (χ3n) is 2.07. The summed E-state index contributed by atoms with van der Waals surface area (Å²) in [4.78, 5) is 22.1. The van der Waals surface area contributed by atoms with Crippen LogP contribution in [0.3, 0.4) is 0 Å². The predicted molar refractivity (Wildman–Crippen MR) is 74.0 cm³/mol. The van der Waals surface area contributed by atoms with Gasteiger partial charge in [-0.25, -0.2) is 4.79 Å². The Balaban J connectivity index is 2.91. The fraction of sp³-hybridized carbons (Fsp3) is 0.333. The molecule has 4 nitrogen and oxygen atoms in total. The predicted octanol–water partition coefficient (Wildman–Crippen LogP) is 3.35. The van der Waals surface area contributed by atoms with Gasteiger partial charge in [0.25, 0.3) is 0 Å². The lowest BCUT2D eigenvalue weighted by atomic mass is 10.2. The van der Waals surface area contributed by atoms with E-state index in [2.05, 4.69) is 31.9 Å². The third kappa shape index (κ3) is 3.81. The zero-order valence-electron chi connectivity index (χ0n) is 9.91. The van der Waals surface area contributed by atoms with Crippen LogP contribution in [0.1, 0.15) is 24.2 Å². The van der Waals surface area contributed by atoms with E-state index in [4.69, 9.17) is 9.47 Å². The van der Waals surface area contributed by atoms with Crippen molar-refractivity contribution in [3.63, 3.8) is 0 Å². The molecule has 1 aromatic rings. The number of esters is 1. The first-order valence-corrected chi connectivity index (χ1v) is 6.85. The number of rotatable bonds is 5. The number of hydrogen-bond donors (Lipinski definition) is 0. The fourth-order valence-electron chi connectivity index (χ4n) is 1.24. The van der Waals surface area contributed by atoms with E-state index in [1.54, 1.807) is 26.0 Å². The second-order valence-electron chi connectivity index (χ2n) is 3.44. The summed E-state index contributed by atoms with van der Waals surface area (Å²) in [6, 6.07) is 3.23. The normalized spacial score (nSPS) is 11.8. The van der Waals surface area contributed by atoms with Crippen LogP contribution in [0.25, 0.3) is 0 Å². The van der Waals surface area contributed by atoms with Gasteiger partial charge in [0.2, 0.25) is 0 Å². The van der Waals surface area contributed by atoms with Gasteiger partial charge in [0.05, 0.1) is 15.6 Å². The van der Waals surface area contributed by atoms with Crippen LogP contribution >= 0.6 is 31.9 Å². The van der Waals surface area contributed by atoms with Crippen LogP contribution in [-0.4, -0.2) is 25.0 Å². The Morgan fingerprint density at radius 1 is 1.39 bits per heavy atom. The summed E-state index contributed by atoms with van der Waals surface area (Å²) in [6.07, 6.45) is 0.00767. The maximum atomic E-state index is 11.5. The lowest BCUT2D eigenvalue weighted by Crippen LogP contribution is -2.26. The van der Waals surface area contributed by atoms with E-state index in [1.807, 2.05) is 0 Å². The van der Waals surface area contributed by atoms with Crippen molar-refractivity contribution >= 4 is 44.1 Å². The molecule has 0 N–H and O–H groups in total. The summed E-state index contributed by atoms with van der Waals surface area (Å²) in [7, 11) is 0. The molecule has 0 bridgehead atoms. The smallest absolute Gasteiger partial charge is 0.347 e. The number of aldehydes is 1. The molecule has 6 heteroatoms. The Morgan fingerprint density at radius 2 is 1.94 bits per heavy atom. The van der Waals surface area contributed by atoms with Crippen molar-refractivity contribution in [1.82, 2.24) is 0 Å². The van der Waals surface area contributed by atoms with Crippen molar-refractivity contribution in [2.45, 2.75) is 20.0 Å². The second kappa shape index (κ2) is 6.89. The average molecular weight is 380 g/mol. The fourth-order valence-corrected chi connectivity index (χ4v) is 2.65. The van der Waals surface area contributed by atoms with Crippen molar-refractivity contribution in [2.24, 2.45) is 0 Å². The van der Waals surface area contributed by atoms with Gasteiger partial charge in [0, 0.05) is 5.56 Å². The molecule has 0 aromatic heterocycles. The molecule has 1 unspecified atom stereocenters. The molecule has 0 heterocycles. The Bertz CT molecular complexity index is 436. The maximum absolute atomic E-state index is 11.5. The summed E-state index contributed by atoms with van der Waals surface area (Å²) < 4.78 is 11.5. The molecule has 0 fully saturated rings. The van der Waals surface area contributed by atoms with E-state index in [-0.39, 0.29) is 0 Å². The van der Waals surface area contributed by atoms with Crippen molar-refractivity contribution in [3.8, 4) is 5.75 Å². The average Bonchev–Trinajstić information content (AvgIpc) is 2.33. The summed E-state index contributed by atoms with van der Waals surface area (Å²) in [5.41, 5.74) is 0.505. The molecule has 18 heavy (non-hydrogen) atoms. The molecule has 0 aliphatic rings. The lowest BCUT2D eigenvalue weighted by molar-refractivity contribution is -0.150. The van der Waals surface area contributed by atoms with Gasteiger partial charge >= 0.3 is 5.97 Å². The zero-order valence-corrected chi connectivity index (χ0v) is 13.1. The van der Waals surface area contributed by atoms with Gasteiger partial charge in [-0.3, -0.25) is 4.79 Å². The number of benzene rings is 1. The van der Waals surface area contributed by atoms with Crippen LogP contribution in [0.5, 0.6) is 5.75 Å². The van der Waals surface area contributed by atoms with E-state index in [0.717, 1.165) is 6.29 Å². The Kier molecular flexibility index (Phi) is 5.81. The van der Waals surface area contributed by atoms with E-state index in [1.165, 1.54) is 0 Å². The van der Waals surface area contributed by atoms with Gasteiger partial charge in [-0.1, -0.05) is 0 Å². The Labute approximate surface area is 122 Å². The zero-order chi connectivity index (χ0) is 13.7. The van der Waals surface area contributed by atoms with Crippen LogP contribution < -0.4 is 4.74 Å². The number of carbonyl (C=O) groups is 2. The highest BCUT2D eigenvalue weighted by molar-refractivity contribution is 9.11. The topological polar surface area (TPSA) is 52.6 Å². The summed E-state index contributed by atoms with van der Waals surface area (Å²) in [5, 5.41) is 0. The minimum Gasteiger partial charge on any atom is -0.477 e. The first-order chi connectivity index (χ1) is 8.49. The molecule has 1 rings (SSSR count). The Morgan fingerprint density at radius 3 is 2.39 bits per heavy atom. The van der Waals surface area contributed by atoms with Gasteiger partial charge in [-0.15, -0.1) is 0 Å². The van der Waals surface area contributed by atoms with Crippen molar-refractivity contribution < 1.29 is 19.1 Å². The summed E-state index contributed by atoms with van der Waals surface area (Å²) in [5.74, 6) is 0.0249. The highest BCUT2D eigenvalue weighted by atomic mass is 79.9. The molecule has 0 saturated carbocycles. The molecular weight excluding hydrogens is 368 g/mol. The SMILES string of the molecule is CCOC(=O)C(C)Oc1c(Br)cc(C=O)cc1Br. The van der Waals surface area contributed by atoms with Crippen molar-refractivity contribution in [3.05, 3.63) is 26.6 Å². The number of carbonyl (C=O) groups excluding carboxylic acids is 2. The second-order valence-corrected chi connectivity index (χ2v) is 5.15. The molecule has 98 valence electrons. The van der Waals surface area contributed by atoms with E-state index in [0.29, 0.717) is 26.9 Å². The quantitative estimate of drug-likeness (QED) is 0.581. The monoisotopic (exact) mass is 378 g/mol. The van der Waals surface area contributed by atoms with E-state index < -0.39 is 12.1 Å². The molecule has 0 aliphatic carbocycles. The standard InChI is InChI=1S/C12H12Br2O4/c1-3-17-12(16)7(2)18-11-9(13)4-8(6-15)5-10(11)14/h4-7H,3H2,1-2H3. The largest absolute Gasteiger partial charge is 0.477 e. The van der Waals surface area contributed by atoms with Crippen molar-refractivity contribution in [1.29, 1.82) is 0 Å². The molecule has 0 aliphatic heterocycles. The van der Waals surface area contributed by atoms with E-state index >= 15 is 0 Å². The molecule has 0 radical (unpaired) electrons. The van der Waals surface area contributed by atoms with Gasteiger partial charge in [-0.2, -0.15) is 0 Å². The number of halogens is 2. The summed E-state index contributed by atoms with van der Waals surface area (Å²) >= 11 is 6.58. The lowest BCUT2D eigenvalue weighted by Gasteiger charge is -2.16. The third-order valence-corrected chi connectivity index (χ3v) is 3.25. The maximum Gasteiger partial charge on any atom is 0.347 e. The molecule has 1 atom stereocenters. The van der Waals surface area contributed by atoms with Gasteiger partial charge in [0.1, 0.15) is 12.0 Å². The van der Waals surface area contributed by atoms with Crippen LogP contribution in [0.15, 0.2) is 21.1 Å². The van der Waals surface area contributed by atoms with E-state index in [9.17, 15) is 9.59 Å². The summed E-state index contributed by atoms with van der Waals surface area (Å²) in [6.45, 7) is 3.64. The van der Waals surface area contributed by atoms with Crippen LogP contribution in [0.2, 0.25) is 0 Å². The van der Waals surface area contributed by atoms with Gasteiger partial charge < -0.3 is 9.47 Å². The highest BCUT2D eigenvalue weighted by Crippen LogP contribution is 2.35. The van der Waals surface area contributed by atoms with Gasteiger partial charge in [-0.05, 0) is 57.8 Å². The molecule has 0 spiro atoms. The van der Waals surface area contributed by atoms with Gasteiger partial charge in [0.15, 0.2) is 6.10 Å².